The van der Waals surface area contributed by atoms with Crippen LogP contribution >= 0.6 is 0 Å². The lowest BCUT2D eigenvalue weighted by molar-refractivity contribution is -0.384. The average Bonchev–Trinajstić information content (AvgIpc) is 3.32. The van der Waals surface area contributed by atoms with E-state index in [1.54, 1.807) is 36.4 Å². The van der Waals surface area contributed by atoms with Crippen LogP contribution in [-0.2, 0) is 0 Å². The van der Waals surface area contributed by atoms with Gasteiger partial charge < -0.3 is 9.40 Å². The van der Waals surface area contributed by atoms with Crippen LogP contribution in [0, 0.1) is 28.4 Å². The second-order valence-electron chi connectivity index (χ2n) is 6.25. The fourth-order valence-corrected chi connectivity index (χ4v) is 2.96. The number of aromatic nitrogens is 2. The fourth-order valence-electron chi connectivity index (χ4n) is 2.96. The Morgan fingerprint density at radius 3 is 2.86 bits per heavy atom. The van der Waals surface area contributed by atoms with E-state index >= 15 is 0 Å². The lowest BCUT2D eigenvalue weighted by atomic mass is 10.1. The first kappa shape index (κ1) is 17.2. The molecule has 0 saturated heterocycles. The summed E-state index contributed by atoms with van der Waals surface area (Å²) in [6.07, 6.45) is 1.56. The summed E-state index contributed by atoms with van der Waals surface area (Å²) < 4.78 is 5.73. The molecular formula is C21H14N4O3. The minimum Gasteiger partial charge on any atom is -0.456 e. The molecule has 0 aliphatic carbocycles. The summed E-state index contributed by atoms with van der Waals surface area (Å²) in [6.45, 7) is 1.98. The molecule has 0 amide bonds. The Morgan fingerprint density at radius 1 is 1.25 bits per heavy atom. The zero-order chi connectivity index (χ0) is 19.7. The quantitative estimate of drug-likeness (QED) is 0.305. The van der Waals surface area contributed by atoms with Gasteiger partial charge in [-0.1, -0.05) is 18.2 Å². The van der Waals surface area contributed by atoms with E-state index in [9.17, 15) is 15.4 Å². The van der Waals surface area contributed by atoms with E-state index in [0.717, 1.165) is 16.6 Å². The topological polar surface area (TPSA) is 109 Å². The van der Waals surface area contributed by atoms with E-state index in [2.05, 4.69) is 16.0 Å². The van der Waals surface area contributed by atoms with Gasteiger partial charge in [0.05, 0.1) is 27.1 Å². The van der Waals surface area contributed by atoms with Crippen molar-refractivity contribution < 1.29 is 9.34 Å². The number of aromatic amines is 1. The van der Waals surface area contributed by atoms with Gasteiger partial charge in [0.25, 0.3) is 5.69 Å². The molecule has 7 nitrogen and oxygen atoms in total. The third-order valence-corrected chi connectivity index (χ3v) is 4.29. The van der Waals surface area contributed by atoms with Crippen LogP contribution in [0.2, 0.25) is 0 Å². The van der Waals surface area contributed by atoms with E-state index < -0.39 is 4.92 Å². The number of aryl methyl sites for hydroxylation is 1. The number of nitrogens with zero attached hydrogens (tertiary/aromatic N) is 3. The lowest BCUT2D eigenvalue weighted by Crippen LogP contribution is -1.90. The number of hydrogen-bond donors (Lipinski definition) is 1. The number of H-pyrrole nitrogens is 1. The van der Waals surface area contributed by atoms with Crippen molar-refractivity contribution in [2.24, 2.45) is 0 Å². The summed E-state index contributed by atoms with van der Waals surface area (Å²) in [6, 6.07) is 17.6. The molecule has 0 atom stereocenters. The van der Waals surface area contributed by atoms with E-state index in [-0.39, 0.29) is 5.69 Å². The van der Waals surface area contributed by atoms with E-state index in [4.69, 9.17) is 4.42 Å². The predicted octanol–water partition coefficient (Wildman–Crippen LogP) is 5.10. The van der Waals surface area contributed by atoms with Gasteiger partial charge in [-0.25, -0.2) is 4.98 Å². The van der Waals surface area contributed by atoms with Crippen LogP contribution in [0.1, 0.15) is 17.1 Å². The van der Waals surface area contributed by atoms with Crippen LogP contribution in [0.3, 0.4) is 0 Å². The Labute approximate surface area is 159 Å². The molecule has 0 fully saturated rings. The van der Waals surface area contributed by atoms with Gasteiger partial charge >= 0.3 is 0 Å². The highest BCUT2D eigenvalue weighted by molar-refractivity contribution is 5.90. The van der Waals surface area contributed by atoms with Gasteiger partial charge in [0.15, 0.2) is 0 Å². The maximum Gasteiger partial charge on any atom is 0.280 e. The highest BCUT2D eigenvalue weighted by Gasteiger charge is 2.17. The highest BCUT2D eigenvalue weighted by Crippen LogP contribution is 2.31. The smallest absolute Gasteiger partial charge is 0.280 e. The monoisotopic (exact) mass is 370 g/mol. The van der Waals surface area contributed by atoms with Crippen molar-refractivity contribution in [3.8, 4) is 17.4 Å². The number of para-hydroxylation sites is 1. The molecule has 28 heavy (non-hydrogen) atoms. The molecule has 0 aliphatic rings. The first-order valence-electron chi connectivity index (χ1n) is 8.47. The van der Waals surface area contributed by atoms with Crippen molar-refractivity contribution in [1.29, 1.82) is 5.26 Å². The van der Waals surface area contributed by atoms with Crippen molar-refractivity contribution in [2.45, 2.75) is 6.92 Å². The molecule has 136 valence electrons. The number of nitriles is 1. The van der Waals surface area contributed by atoms with Gasteiger partial charge in [-0.2, -0.15) is 5.26 Å². The van der Waals surface area contributed by atoms with E-state index in [0.29, 0.717) is 28.5 Å². The zero-order valence-electron chi connectivity index (χ0n) is 14.8. The third kappa shape index (κ3) is 3.15. The van der Waals surface area contributed by atoms with Crippen molar-refractivity contribution in [3.63, 3.8) is 0 Å². The molecule has 0 unspecified atom stereocenters. The summed E-state index contributed by atoms with van der Waals surface area (Å²) in [4.78, 5) is 18.3. The number of nitro benzene ring substituents is 1. The molecular weight excluding hydrogens is 356 g/mol. The second kappa shape index (κ2) is 6.85. The van der Waals surface area contributed by atoms with E-state index in [1.807, 2.05) is 25.1 Å². The molecule has 0 spiro atoms. The average molecular weight is 370 g/mol. The van der Waals surface area contributed by atoms with Gasteiger partial charge in [-0.3, -0.25) is 10.1 Å². The minimum absolute atomic E-state index is 0.0412. The predicted molar refractivity (Wildman–Crippen MR) is 105 cm³/mol. The molecule has 0 radical (unpaired) electrons. The Bertz CT molecular complexity index is 1270. The van der Waals surface area contributed by atoms with Crippen molar-refractivity contribution in [2.75, 3.05) is 0 Å². The van der Waals surface area contributed by atoms with Gasteiger partial charge in [-0.15, -0.1) is 0 Å². The van der Waals surface area contributed by atoms with Gasteiger partial charge in [0.2, 0.25) is 0 Å². The number of furan rings is 1. The van der Waals surface area contributed by atoms with Gasteiger partial charge in [-0.05, 0) is 42.8 Å². The Kier molecular flexibility index (Phi) is 4.22. The van der Waals surface area contributed by atoms with Crippen LogP contribution in [0.25, 0.3) is 34.0 Å². The highest BCUT2D eigenvalue weighted by atomic mass is 16.6. The number of fused-ring (bicyclic) bond motifs is 1. The molecule has 4 rings (SSSR count). The first-order valence-corrected chi connectivity index (χ1v) is 8.47. The normalized spacial score (nSPS) is 11.5. The summed E-state index contributed by atoms with van der Waals surface area (Å²) in [5, 5.41) is 20.8. The largest absolute Gasteiger partial charge is 0.456 e. The van der Waals surface area contributed by atoms with Crippen LogP contribution in [0.5, 0.6) is 0 Å². The SMILES string of the molecule is Cc1ccc2nc(C(C#N)=Cc3ccc(-c4ccccc4[N+](=O)[O-])o3)[nH]c2c1. The molecule has 4 aromatic rings. The number of rotatable bonds is 4. The summed E-state index contributed by atoms with van der Waals surface area (Å²) in [5.41, 5.74) is 3.34. The van der Waals surface area contributed by atoms with Crippen LogP contribution in [0.4, 0.5) is 5.69 Å². The van der Waals surface area contributed by atoms with Gasteiger partial charge in [0, 0.05) is 12.1 Å². The van der Waals surface area contributed by atoms with Crippen molar-refractivity contribution in [3.05, 3.63) is 81.9 Å². The van der Waals surface area contributed by atoms with Gasteiger partial charge in [0.1, 0.15) is 23.4 Å². The standard InChI is InChI=1S/C21H14N4O3/c1-13-6-8-17-18(10-13)24-21(23-17)14(12-22)11-15-7-9-20(28-15)16-4-2-3-5-19(16)25(26)27/h2-11H,1H3,(H,23,24). The molecule has 2 aromatic heterocycles. The second-order valence-corrected chi connectivity index (χ2v) is 6.25. The van der Waals surface area contributed by atoms with Crippen LogP contribution in [0.15, 0.2) is 59.0 Å². The van der Waals surface area contributed by atoms with E-state index in [1.165, 1.54) is 6.07 Å². The molecule has 1 N–H and O–H groups in total. The molecule has 0 saturated carbocycles. The number of allylic oxidation sites excluding steroid dienone is 1. The summed E-state index contributed by atoms with van der Waals surface area (Å²) in [7, 11) is 0. The molecule has 0 bridgehead atoms. The number of nitro groups is 1. The third-order valence-electron chi connectivity index (χ3n) is 4.29. The van der Waals surface area contributed by atoms with Crippen molar-refractivity contribution in [1.82, 2.24) is 9.97 Å². The summed E-state index contributed by atoms with van der Waals surface area (Å²) in [5.74, 6) is 1.20. The number of nitrogens with one attached hydrogen (secondary N) is 1. The molecule has 2 aromatic carbocycles. The van der Waals surface area contributed by atoms with Crippen LogP contribution < -0.4 is 0 Å². The number of benzene rings is 2. The maximum absolute atomic E-state index is 11.2. The van der Waals surface area contributed by atoms with Crippen molar-refractivity contribution >= 4 is 28.4 Å². The summed E-state index contributed by atoms with van der Waals surface area (Å²) >= 11 is 0. The zero-order valence-corrected chi connectivity index (χ0v) is 14.8. The number of imidazole rings is 1. The number of hydrogen-bond acceptors (Lipinski definition) is 5. The minimum atomic E-state index is -0.454. The van der Waals surface area contributed by atoms with Crippen LogP contribution in [-0.4, -0.2) is 14.9 Å². The maximum atomic E-state index is 11.2. The Balaban J connectivity index is 1.72. The first-order chi connectivity index (χ1) is 13.5. The Morgan fingerprint density at radius 2 is 2.07 bits per heavy atom. The fraction of sp³-hybridized carbons (Fsp3) is 0.0476. The molecule has 7 heteroatoms. The molecule has 2 heterocycles. The lowest BCUT2D eigenvalue weighted by Gasteiger charge is -1.98. The molecule has 0 aliphatic heterocycles. The Hall–Kier alpha value is -4.18.